The first-order valence-corrected chi connectivity index (χ1v) is 17.8. The number of benzene rings is 4. The predicted octanol–water partition coefficient (Wildman–Crippen LogP) is 6.23. The van der Waals surface area contributed by atoms with Crippen LogP contribution in [0, 0.1) is 0 Å². The highest BCUT2D eigenvalue weighted by atomic mass is 32.2. The van der Waals surface area contributed by atoms with Crippen LogP contribution in [-0.2, 0) is 0 Å². The fraction of sp³-hybridized carbons (Fsp3) is 0.167. The molecule has 2 heterocycles. The summed E-state index contributed by atoms with van der Waals surface area (Å²) in [4.78, 5) is 46.9. The van der Waals surface area contributed by atoms with Gasteiger partial charge in [-0.2, -0.15) is 9.36 Å². The molecule has 1 aliphatic rings. The lowest BCUT2D eigenvalue weighted by Crippen LogP contribution is -2.19. The summed E-state index contributed by atoms with van der Waals surface area (Å²) < 4.78 is 2.46. The number of carbonyl (C=O) groups excluding carboxylic acids is 2. The fourth-order valence-corrected chi connectivity index (χ4v) is 6.64. The number of nitrogens with zero attached hydrogens (tertiary/aromatic N) is 8. The van der Waals surface area contributed by atoms with E-state index < -0.39 is 16.7 Å². The van der Waals surface area contributed by atoms with E-state index in [-0.39, 0.29) is 28.4 Å². The number of aromatic nitrogens is 8. The average molecular weight is 737 g/mol. The summed E-state index contributed by atoms with van der Waals surface area (Å²) in [6.07, 6.45) is 1.55. The minimum atomic E-state index is -0.999. The van der Waals surface area contributed by atoms with E-state index in [0.717, 1.165) is 12.8 Å². The average Bonchev–Trinajstić information content (AvgIpc) is 3.57. The van der Waals surface area contributed by atoms with E-state index >= 15 is 0 Å². The summed E-state index contributed by atoms with van der Waals surface area (Å²) in [6.45, 7) is 4.00. The van der Waals surface area contributed by atoms with E-state index in [0.29, 0.717) is 32.8 Å². The van der Waals surface area contributed by atoms with Gasteiger partial charge in [-0.25, -0.2) is 9.59 Å². The molecule has 0 aliphatic heterocycles. The highest BCUT2D eigenvalue weighted by Gasteiger charge is 2.52. The lowest BCUT2D eigenvalue weighted by atomic mass is 10.1. The molecule has 2 N–H and O–H groups in total. The van der Waals surface area contributed by atoms with Crippen molar-refractivity contribution in [3.05, 3.63) is 131 Å². The van der Waals surface area contributed by atoms with Crippen LogP contribution in [0.1, 0.15) is 68.1 Å². The predicted molar refractivity (Wildman–Crippen MR) is 194 cm³/mol. The van der Waals surface area contributed by atoms with Crippen molar-refractivity contribution in [2.75, 3.05) is 5.75 Å². The molecule has 14 nitrogen and oxygen atoms in total. The van der Waals surface area contributed by atoms with Crippen LogP contribution >= 0.6 is 23.5 Å². The molecule has 7 rings (SSSR count). The first kappa shape index (κ1) is 37.3. The van der Waals surface area contributed by atoms with Crippen molar-refractivity contribution in [2.45, 2.75) is 41.7 Å². The maximum absolute atomic E-state index is 12.9. The van der Waals surface area contributed by atoms with Gasteiger partial charge in [0.15, 0.2) is 11.6 Å². The number of thioether (sulfide) groups is 2. The zero-order chi connectivity index (χ0) is 37.1. The minimum Gasteiger partial charge on any atom is -0.478 e. The van der Waals surface area contributed by atoms with Crippen molar-refractivity contribution in [3.8, 4) is 11.4 Å². The third-order valence-electron chi connectivity index (χ3n) is 7.47. The SMILES string of the molecule is CC.O=C(O)c1ccc(-n2nnnc2SC2(C(=O)c3ccccc3)CC2)cc1.O=C(O)c1ccc(-n2nnnc2SCC(=O)c2ccccc2)cc1. The molecule has 1 aliphatic carbocycles. The largest absolute Gasteiger partial charge is 0.478 e. The zero-order valence-corrected chi connectivity index (χ0v) is 29.6. The molecule has 16 heteroatoms. The van der Waals surface area contributed by atoms with Crippen LogP contribution < -0.4 is 0 Å². The molecule has 0 saturated heterocycles. The zero-order valence-electron chi connectivity index (χ0n) is 27.9. The summed E-state index contributed by atoms with van der Waals surface area (Å²) in [7, 11) is 0. The molecule has 264 valence electrons. The summed E-state index contributed by atoms with van der Waals surface area (Å²) >= 11 is 2.58. The van der Waals surface area contributed by atoms with Gasteiger partial charge in [0.25, 0.3) is 0 Å². The number of ketones is 2. The second-order valence-electron chi connectivity index (χ2n) is 10.8. The first-order valence-electron chi connectivity index (χ1n) is 16.0. The Balaban J connectivity index is 0.000000193. The molecule has 0 bridgehead atoms. The number of Topliss-reactive ketones (excluding diaryl/α,β-unsaturated/α-hetero) is 2. The van der Waals surface area contributed by atoms with Gasteiger partial charge in [-0.1, -0.05) is 98.0 Å². The van der Waals surface area contributed by atoms with Crippen LogP contribution in [-0.4, -0.2) is 84.6 Å². The molecule has 1 fully saturated rings. The molecule has 52 heavy (non-hydrogen) atoms. The monoisotopic (exact) mass is 736 g/mol. The smallest absolute Gasteiger partial charge is 0.335 e. The van der Waals surface area contributed by atoms with Gasteiger partial charge in [0.1, 0.15) is 0 Å². The normalized spacial score (nSPS) is 12.3. The van der Waals surface area contributed by atoms with Gasteiger partial charge in [0, 0.05) is 11.1 Å². The Morgan fingerprint density at radius 3 is 1.52 bits per heavy atom. The number of carboxylic acids is 2. The number of hydrogen-bond donors (Lipinski definition) is 2. The number of carboxylic acid groups (broad SMARTS) is 2. The van der Waals surface area contributed by atoms with Crippen molar-refractivity contribution < 1.29 is 29.4 Å². The highest BCUT2D eigenvalue weighted by Crippen LogP contribution is 2.53. The molecule has 0 spiro atoms. The van der Waals surface area contributed by atoms with Crippen LogP contribution in [0.15, 0.2) is 120 Å². The second kappa shape index (κ2) is 17.3. The molecule has 2 aromatic heterocycles. The van der Waals surface area contributed by atoms with Crippen LogP contribution in [0.2, 0.25) is 0 Å². The number of aromatic carboxylic acids is 2. The summed E-state index contributed by atoms with van der Waals surface area (Å²) in [5.41, 5.74) is 2.96. The van der Waals surface area contributed by atoms with Crippen molar-refractivity contribution in [1.82, 2.24) is 40.4 Å². The molecule has 4 aromatic carbocycles. The van der Waals surface area contributed by atoms with Gasteiger partial charge in [-0.05, 0) is 82.2 Å². The fourth-order valence-electron chi connectivity index (χ4n) is 4.68. The Morgan fingerprint density at radius 2 is 1.06 bits per heavy atom. The van der Waals surface area contributed by atoms with E-state index in [4.69, 9.17) is 10.2 Å². The van der Waals surface area contributed by atoms with Crippen molar-refractivity contribution in [3.63, 3.8) is 0 Å². The minimum absolute atomic E-state index is 0.0172. The lowest BCUT2D eigenvalue weighted by molar-refractivity contribution is 0.0686. The van der Waals surface area contributed by atoms with E-state index in [2.05, 4.69) is 31.1 Å². The lowest BCUT2D eigenvalue weighted by Gasteiger charge is -2.13. The highest BCUT2D eigenvalue weighted by molar-refractivity contribution is 8.01. The third-order valence-corrected chi connectivity index (χ3v) is 9.81. The van der Waals surface area contributed by atoms with Gasteiger partial charge < -0.3 is 10.2 Å². The Bertz CT molecular complexity index is 2140. The Labute approximate surface area is 306 Å². The number of tetrazole rings is 2. The van der Waals surface area contributed by atoms with Crippen molar-refractivity contribution >= 4 is 47.0 Å². The van der Waals surface area contributed by atoms with Gasteiger partial charge in [0.2, 0.25) is 10.3 Å². The van der Waals surface area contributed by atoms with E-state index in [1.807, 2.05) is 62.4 Å². The van der Waals surface area contributed by atoms with Crippen LogP contribution in [0.5, 0.6) is 0 Å². The maximum atomic E-state index is 12.9. The molecule has 0 atom stereocenters. The van der Waals surface area contributed by atoms with Crippen molar-refractivity contribution in [1.29, 1.82) is 0 Å². The quantitative estimate of drug-likeness (QED) is 0.106. The summed E-state index contributed by atoms with van der Waals surface area (Å²) in [5, 5.41) is 42.1. The van der Waals surface area contributed by atoms with Gasteiger partial charge in [0.05, 0.1) is 33.0 Å². The van der Waals surface area contributed by atoms with Gasteiger partial charge in [-0.15, -0.1) is 10.2 Å². The molecule has 0 amide bonds. The van der Waals surface area contributed by atoms with Crippen LogP contribution in [0.4, 0.5) is 0 Å². The third kappa shape index (κ3) is 9.01. The van der Waals surface area contributed by atoms with E-state index in [1.165, 1.54) is 57.2 Å². The van der Waals surface area contributed by atoms with Gasteiger partial charge >= 0.3 is 11.9 Å². The van der Waals surface area contributed by atoms with Crippen LogP contribution in [0.3, 0.4) is 0 Å². The maximum Gasteiger partial charge on any atom is 0.335 e. The second-order valence-corrected chi connectivity index (χ2v) is 13.1. The van der Waals surface area contributed by atoms with Crippen molar-refractivity contribution in [2.24, 2.45) is 0 Å². The molecule has 0 radical (unpaired) electrons. The number of rotatable bonds is 12. The van der Waals surface area contributed by atoms with E-state index in [9.17, 15) is 19.2 Å². The van der Waals surface area contributed by atoms with E-state index in [1.54, 1.807) is 36.4 Å². The molecular formula is C36H32N8O6S2. The number of hydrogen-bond acceptors (Lipinski definition) is 12. The molecular weight excluding hydrogens is 705 g/mol. The molecule has 6 aromatic rings. The van der Waals surface area contributed by atoms with Crippen LogP contribution in [0.25, 0.3) is 11.4 Å². The first-order chi connectivity index (χ1) is 25.2. The number of carbonyl (C=O) groups is 4. The summed E-state index contributed by atoms with van der Waals surface area (Å²) in [6, 6.07) is 30.7. The van der Waals surface area contributed by atoms with Gasteiger partial charge in [-0.3, -0.25) is 9.59 Å². The molecule has 0 unspecified atom stereocenters. The Morgan fingerprint density at radius 1 is 0.615 bits per heavy atom. The standard InChI is InChI=1S/C18H14N4O3S.C16H12N4O3S.C2H6/c23-15(12-4-2-1-3-5-12)18(10-11-18)26-17-19-20-21-22(17)14-8-6-13(7-9-14)16(24)25;21-14(11-4-2-1-3-5-11)10-24-16-17-18-19-20(16)13-8-6-12(7-9-13)15(22)23;1-2/h1-9H,10-11H2,(H,24,25);1-9H,10H2,(H,22,23);1-2H3. The Hall–Kier alpha value is -6.00. The summed E-state index contributed by atoms with van der Waals surface area (Å²) in [5.74, 6) is -1.72. The Kier molecular flexibility index (Phi) is 12.4. The topological polar surface area (TPSA) is 196 Å². The molecule has 1 saturated carbocycles.